The van der Waals surface area contributed by atoms with E-state index in [0.29, 0.717) is 23.7 Å². The summed E-state index contributed by atoms with van der Waals surface area (Å²) in [6, 6.07) is 15.3. The predicted molar refractivity (Wildman–Crippen MR) is 101 cm³/mol. The van der Waals surface area contributed by atoms with E-state index >= 15 is 0 Å². The van der Waals surface area contributed by atoms with Crippen LogP contribution in [0.2, 0.25) is 0 Å². The molecule has 0 aliphatic heterocycles. The lowest BCUT2D eigenvalue weighted by Gasteiger charge is -2.15. The maximum Gasteiger partial charge on any atom is 0.203 e. The highest BCUT2D eigenvalue weighted by Gasteiger charge is 2.14. The second-order valence-electron chi connectivity index (χ2n) is 6.19. The quantitative estimate of drug-likeness (QED) is 0.653. The lowest BCUT2D eigenvalue weighted by atomic mass is 10.3. The van der Waals surface area contributed by atoms with Gasteiger partial charge in [-0.25, -0.2) is 0 Å². The fourth-order valence-electron chi connectivity index (χ4n) is 3.12. The number of nitrogens with one attached hydrogen (secondary N) is 1. The molecule has 2 aromatic carbocycles. The maximum atomic E-state index is 10.5. The molecular weight excluding hydrogens is 330 g/mol. The third kappa shape index (κ3) is 3.60. The standard InChI is InChI=1S/C20H25N3O3/c1-3-12-22-16-8-4-5-9-17(16)23(20(22)21)13-15(24)14-26-19-11-7-6-10-18(19)25-2/h4-11,15,21,24H,3,12-14H2,1-2H3/t15-/m1/s1. The number of imidazole rings is 1. The molecular formula is C20H25N3O3. The number of fused-ring (bicyclic) bond motifs is 1. The van der Waals surface area contributed by atoms with Gasteiger partial charge in [-0.05, 0) is 30.7 Å². The topological polar surface area (TPSA) is 72.4 Å². The van der Waals surface area contributed by atoms with Crippen molar-refractivity contribution in [2.45, 2.75) is 32.5 Å². The van der Waals surface area contributed by atoms with Crippen LogP contribution in [0.5, 0.6) is 11.5 Å². The summed E-state index contributed by atoms with van der Waals surface area (Å²) in [5.41, 5.74) is 2.35. The number of rotatable bonds is 8. The molecule has 3 rings (SSSR count). The Labute approximate surface area is 152 Å². The van der Waals surface area contributed by atoms with Crippen LogP contribution in [0, 0.1) is 5.41 Å². The van der Waals surface area contributed by atoms with E-state index in [-0.39, 0.29) is 6.61 Å². The van der Waals surface area contributed by atoms with Gasteiger partial charge in [0, 0.05) is 6.54 Å². The van der Waals surface area contributed by atoms with E-state index < -0.39 is 6.10 Å². The summed E-state index contributed by atoms with van der Waals surface area (Å²) >= 11 is 0. The molecule has 0 unspecified atom stereocenters. The number of hydrogen-bond acceptors (Lipinski definition) is 4. The average molecular weight is 355 g/mol. The molecule has 0 radical (unpaired) electrons. The first-order valence-corrected chi connectivity index (χ1v) is 8.82. The maximum absolute atomic E-state index is 10.5. The second kappa shape index (κ2) is 8.10. The van der Waals surface area contributed by atoms with Crippen LogP contribution in [0.1, 0.15) is 13.3 Å². The molecule has 1 heterocycles. The van der Waals surface area contributed by atoms with Crippen molar-refractivity contribution < 1.29 is 14.6 Å². The number of benzene rings is 2. The Morgan fingerprint density at radius 2 is 1.62 bits per heavy atom. The molecule has 0 saturated carbocycles. The highest BCUT2D eigenvalue weighted by atomic mass is 16.5. The van der Waals surface area contributed by atoms with Gasteiger partial charge in [0.2, 0.25) is 5.62 Å². The minimum Gasteiger partial charge on any atom is -0.493 e. The van der Waals surface area contributed by atoms with Gasteiger partial charge in [0.25, 0.3) is 0 Å². The number of aryl methyl sites for hydroxylation is 1. The number of aromatic nitrogens is 2. The van der Waals surface area contributed by atoms with Gasteiger partial charge in [-0.1, -0.05) is 31.2 Å². The molecule has 0 aliphatic rings. The van der Waals surface area contributed by atoms with Crippen LogP contribution < -0.4 is 15.1 Å². The molecule has 0 bridgehead atoms. The van der Waals surface area contributed by atoms with Gasteiger partial charge in [0.1, 0.15) is 12.7 Å². The monoisotopic (exact) mass is 355 g/mol. The van der Waals surface area contributed by atoms with Crippen LogP contribution in [-0.2, 0) is 13.1 Å². The minimum absolute atomic E-state index is 0.125. The molecule has 0 aliphatic carbocycles. The molecule has 3 aromatic rings. The smallest absolute Gasteiger partial charge is 0.203 e. The SMILES string of the molecule is CCCn1c(=N)n(C[C@@H](O)COc2ccccc2OC)c2ccccc21. The van der Waals surface area contributed by atoms with E-state index in [9.17, 15) is 5.11 Å². The first kappa shape index (κ1) is 18.1. The van der Waals surface area contributed by atoms with Crippen molar-refractivity contribution in [1.82, 2.24) is 9.13 Å². The zero-order valence-electron chi connectivity index (χ0n) is 15.2. The van der Waals surface area contributed by atoms with Gasteiger partial charge in [0.15, 0.2) is 11.5 Å². The molecule has 1 aromatic heterocycles. The molecule has 138 valence electrons. The molecule has 2 N–H and O–H groups in total. The van der Waals surface area contributed by atoms with Gasteiger partial charge < -0.3 is 23.7 Å². The Hall–Kier alpha value is -2.73. The molecule has 6 nitrogen and oxygen atoms in total. The van der Waals surface area contributed by atoms with Crippen molar-refractivity contribution in [3.05, 3.63) is 54.1 Å². The fourth-order valence-corrected chi connectivity index (χ4v) is 3.12. The van der Waals surface area contributed by atoms with Crippen LogP contribution in [0.3, 0.4) is 0 Å². The highest BCUT2D eigenvalue weighted by Crippen LogP contribution is 2.25. The van der Waals surface area contributed by atoms with Crippen LogP contribution in [0.15, 0.2) is 48.5 Å². The third-order valence-corrected chi connectivity index (χ3v) is 4.32. The summed E-state index contributed by atoms with van der Waals surface area (Å²) in [5.74, 6) is 1.23. The van der Waals surface area contributed by atoms with Gasteiger partial charge in [-0.3, -0.25) is 5.41 Å². The molecule has 26 heavy (non-hydrogen) atoms. The van der Waals surface area contributed by atoms with Crippen molar-refractivity contribution in [3.8, 4) is 11.5 Å². The molecule has 0 amide bonds. The first-order valence-electron chi connectivity index (χ1n) is 8.82. The Balaban J connectivity index is 1.78. The van der Waals surface area contributed by atoms with Crippen molar-refractivity contribution >= 4 is 11.0 Å². The summed E-state index contributed by atoms with van der Waals surface area (Å²) in [6.07, 6.45) is 0.208. The van der Waals surface area contributed by atoms with Crippen LogP contribution in [-0.4, -0.2) is 34.1 Å². The summed E-state index contributed by atoms with van der Waals surface area (Å²) in [4.78, 5) is 0. The Morgan fingerprint density at radius 1 is 1.00 bits per heavy atom. The average Bonchev–Trinajstić information content (AvgIpc) is 2.93. The van der Waals surface area contributed by atoms with Crippen molar-refractivity contribution in [2.75, 3.05) is 13.7 Å². The second-order valence-corrected chi connectivity index (χ2v) is 6.19. The van der Waals surface area contributed by atoms with Crippen LogP contribution in [0.4, 0.5) is 0 Å². The van der Waals surface area contributed by atoms with E-state index in [0.717, 1.165) is 24.0 Å². The third-order valence-electron chi connectivity index (χ3n) is 4.32. The van der Waals surface area contributed by atoms with E-state index in [2.05, 4.69) is 6.92 Å². The largest absolute Gasteiger partial charge is 0.493 e. The number of hydrogen-bond donors (Lipinski definition) is 2. The van der Waals surface area contributed by atoms with Crippen LogP contribution >= 0.6 is 0 Å². The number of nitrogens with zero attached hydrogens (tertiary/aromatic N) is 2. The molecule has 0 fully saturated rings. The van der Waals surface area contributed by atoms with Gasteiger partial charge in [0.05, 0.1) is 24.7 Å². The Morgan fingerprint density at radius 3 is 2.27 bits per heavy atom. The highest BCUT2D eigenvalue weighted by molar-refractivity contribution is 5.75. The fraction of sp³-hybridized carbons (Fsp3) is 0.350. The molecule has 0 saturated heterocycles. The van der Waals surface area contributed by atoms with Gasteiger partial charge in [-0.2, -0.15) is 0 Å². The van der Waals surface area contributed by atoms with Crippen molar-refractivity contribution in [2.24, 2.45) is 0 Å². The number of ether oxygens (including phenoxy) is 2. The minimum atomic E-state index is -0.741. The molecule has 0 spiro atoms. The summed E-state index contributed by atoms with van der Waals surface area (Å²) in [5, 5.41) is 19.0. The molecule has 6 heteroatoms. The molecule has 1 atom stereocenters. The first-order chi connectivity index (χ1) is 12.7. The van der Waals surface area contributed by atoms with E-state index in [1.807, 2.05) is 57.7 Å². The summed E-state index contributed by atoms with van der Waals surface area (Å²) < 4.78 is 14.8. The Kier molecular flexibility index (Phi) is 5.63. The van der Waals surface area contributed by atoms with Crippen molar-refractivity contribution in [3.63, 3.8) is 0 Å². The van der Waals surface area contributed by atoms with E-state index in [1.54, 1.807) is 7.11 Å². The van der Waals surface area contributed by atoms with Crippen LogP contribution in [0.25, 0.3) is 11.0 Å². The number of methoxy groups -OCH3 is 1. The number of para-hydroxylation sites is 4. The lowest BCUT2D eigenvalue weighted by Crippen LogP contribution is -2.31. The Bertz CT molecular complexity index is 929. The van der Waals surface area contributed by atoms with E-state index in [4.69, 9.17) is 14.9 Å². The van der Waals surface area contributed by atoms with E-state index in [1.165, 1.54) is 0 Å². The van der Waals surface area contributed by atoms with Crippen molar-refractivity contribution in [1.29, 1.82) is 5.41 Å². The normalized spacial score (nSPS) is 12.3. The number of aliphatic hydroxyl groups is 1. The zero-order chi connectivity index (χ0) is 18.5. The zero-order valence-corrected chi connectivity index (χ0v) is 15.2. The lowest BCUT2D eigenvalue weighted by molar-refractivity contribution is 0.0906. The predicted octanol–water partition coefficient (Wildman–Crippen LogP) is 2.78. The summed E-state index contributed by atoms with van der Waals surface area (Å²) in [7, 11) is 1.59. The van der Waals surface area contributed by atoms with Gasteiger partial charge in [-0.15, -0.1) is 0 Å². The number of aliphatic hydroxyl groups excluding tert-OH is 1. The summed E-state index contributed by atoms with van der Waals surface area (Å²) in [6.45, 7) is 3.29. The van der Waals surface area contributed by atoms with Gasteiger partial charge >= 0.3 is 0 Å².